The second-order valence-corrected chi connectivity index (χ2v) is 10.1. The van der Waals surface area contributed by atoms with Gasteiger partial charge in [-0.3, -0.25) is 13.9 Å². The van der Waals surface area contributed by atoms with E-state index < -0.39 is 28.5 Å². The Hall–Kier alpha value is -3.47. The third-order valence-electron chi connectivity index (χ3n) is 5.54. The van der Waals surface area contributed by atoms with Crippen molar-refractivity contribution in [3.8, 4) is 17.2 Å². The largest absolute Gasteiger partial charge is 0.497 e. The summed E-state index contributed by atoms with van der Waals surface area (Å²) >= 11 is 0. The van der Waals surface area contributed by atoms with Gasteiger partial charge in [0.1, 0.15) is 29.8 Å². The van der Waals surface area contributed by atoms with Gasteiger partial charge in [-0.15, -0.1) is 0 Å². The third-order valence-corrected chi connectivity index (χ3v) is 6.66. The Kier molecular flexibility index (Phi) is 10.4. The molecule has 0 saturated carbocycles. The summed E-state index contributed by atoms with van der Waals surface area (Å²) in [5, 5.41) is 2.80. The molecule has 0 aliphatic heterocycles. The van der Waals surface area contributed by atoms with Gasteiger partial charge in [0.25, 0.3) is 0 Å². The Morgan fingerprint density at radius 1 is 1.00 bits per heavy atom. The van der Waals surface area contributed by atoms with Gasteiger partial charge < -0.3 is 24.4 Å². The molecule has 0 radical (unpaired) electrons. The summed E-state index contributed by atoms with van der Waals surface area (Å²) < 4.78 is 42.3. The predicted molar refractivity (Wildman–Crippen MR) is 138 cm³/mol. The lowest BCUT2D eigenvalue weighted by Crippen LogP contribution is -2.51. The van der Waals surface area contributed by atoms with E-state index in [-0.39, 0.29) is 23.9 Å². The quantitative estimate of drug-likeness (QED) is 0.431. The number of anilines is 1. The number of carbonyl (C=O) groups is 2. The molecule has 36 heavy (non-hydrogen) atoms. The van der Waals surface area contributed by atoms with Crippen molar-refractivity contribution in [3.63, 3.8) is 0 Å². The van der Waals surface area contributed by atoms with Gasteiger partial charge in [0.15, 0.2) is 0 Å². The van der Waals surface area contributed by atoms with E-state index in [0.29, 0.717) is 18.0 Å². The van der Waals surface area contributed by atoms with Crippen LogP contribution in [0.3, 0.4) is 0 Å². The van der Waals surface area contributed by atoms with Crippen molar-refractivity contribution in [2.24, 2.45) is 0 Å². The predicted octanol–water partition coefficient (Wildman–Crippen LogP) is 2.42. The van der Waals surface area contributed by atoms with Crippen LogP contribution in [0.2, 0.25) is 0 Å². The van der Waals surface area contributed by atoms with E-state index in [9.17, 15) is 18.0 Å². The third kappa shape index (κ3) is 7.51. The average molecular weight is 522 g/mol. The normalized spacial score (nSPS) is 11.8. The second-order valence-electron chi connectivity index (χ2n) is 8.15. The van der Waals surface area contributed by atoms with E-state index in [1.807, 2.05) is 6.92 Å². The standard InChI is InChI=1S/C25H35N3O7S/c1-7-13-26-25(30)18(2)27(16-19-9-8-10-20(14-19)33-3)24(29)17-28(36(6,31)32)22-12-11-21(34-4)15-23(22)35-5/h8-12,14-15,18H,7,13,16-17H2,1-6H3,(H,26,30)/t18-/m0/s1. The average Bonchev–Trinajstić information content (AvgIpc) is 2.87. The number of nitrogens with one attached hydrogen (secondary N) is 1. The highest BCUT2D eigenvalue weighted by atomic mass is 32.2. The molecule has 2 aromatic rings. The van der Waals surface area contributed by atoms with Crippen LogP contribution >= 0.6 is 0 Å². The van der Waals surface area contributed by atoms with Crippen molar-refractivity contribution in [2.45, 2.75) is 32.9 Å². The summed E-state index contributed by atoms with van der Waals surface area (Å²) in [7, 11) is 0.517. The fraction of sp³-hybridized carbons (Fsp3) is 0.440. The van der Waals surface area contributed by atoms with Crippen LogP contribution in [0, 0.1) is 0 Å². The molecule has 2 rings (SSSR count). The van der Waals surface area contributed by atoms with Crippen LogP contribution in [0.1, 0.15) is 25.8 Å². The highest BCUT2D eigenvalue weighted by molar-refractivity contribution is 7.92. The monoisotopic (exact) mass is 521 g/mol. The van der Waals surface area contributed by atoms with Gasteiger partial charge in [0.2, 0.25) is 21.8 Å². The van der Waals surface area contributed by atoms with Gasteiger partial charge >= 0.3 is 0 Å². The summed E-state index contributed by atoms with van der Waals surface area (Å²) in [4.78, 5) is 27.8. The zero-order valence-corrected chi connectivity index (χ0v) is 22.4. The highest BCUT2D eigenvalue weighted by Gasteiger charge is 2.31. The number of ether oxygens (including phenoxy) is 3. The molecule has 0 aliphatic carbocycles. The number of hydrogen-bond acceptors (Lipinski definition) is 7. The molecule has 198 valence electrons. The number of rotatable bonds is 13. The highest BCUT2D eigenvalue weighted by Crippen LogP contribution is 2.33. The molecule has 0 heterocycles. The summed E-state index contributed by atoms with van der Waals surface area (Å²) in [6, 6.07) is 10.9. The summed E-state index contributed by atoms with van der Waals surface area (Å²) in [5.41, 5.74) is 0.907. The van der Waals surface area contributed by atoms with E-state index in [1.165, 1.54) is 38.4 Å². The van der Waals surface area contributed by atoms with Gasteiger partial charge in [-0.2, -0.15) is 0 Å². The molecule has 1 N–H and O–H groups in total. The first-order valence-corrected chi connectivity index (χ1v) is 13.3. The van der Waals surface area contributed by atoms with E-state index in [4.69, 9.17) is 14.2 Å². The van der Waals surface area contributed by atoms with Crippen LogP contribution in [0.15, 0.2) is 42.5 Å². The maximum absolute atomic E-state index is 13.6. The maximum Gasteiger partial charge on any atom is 0.244 e. The smallest absolute Gasteiger partial charge is 0.244 e. The molecule has 11 heteroatoms. The first-order chi connectivity index (χ1) is 17.0. The second kappa shape index (κ2) is 13.0. The molecule has 2 aromatic carbocycles. The minimum atomic E-state index is -3.90. The molecule has 2 amide bonds. The molecule has 1 atom stereocenters. The molecule has 0 fully saturated rings. The number of amides is 2. The van der Waals surface area contributed by atoms with Crippen LogP contribution < -0.4 is 23.8 Å². The van der Waals surface area contributed by atoms with E-state index in [0.717, 1.165) is 22.5 Å². The number of carbonyl (C=O) groups excluding carboxylic acids is 2. The van der Waals surface area contributed by atoms with Crippen molar-refractivity contribution in [1.82, 2.24) is 10.2 Å². The molecule has 0 aliphatic rings. The summed E-state index contributed by atoms with van der Waals surface area (Å²) in [6.07, 6.45) is 1.75. The fourth-order valence-electron chi connectivity index (χ4n) is 3.53. The van der Waals surface area contributed by atoms with Crippen LogP contribution in [-0.4, -0.2) is 71.8 Å². The lowest BCUT2D eigenvalue weighted by molar-refractivity contribution is -0.139. The first kappa shape index (κ1) is 28.8. The lowest BCUT2D eigenvalue weighted by Gasteiger charge is -2.32. The topological polar surface area (TPSA) is 114 Å². The summed E-state index contributed by atoms with van der Waals surface area (Å²) in [5.74, 6) is 0.405. The Morgan fingerprint density at radius 3 is 2.25 bits per heavy atom. The number of hydrogen-bond donors (Lipinski definition) is 1. The van der Waals surface area contributed by atoms with Gasteiger partial charge in [-0.05, 0) is 43.2 Å². The molecule has 0 saturated heterocycles. The van der Waals surface area contributed by atoms with Crippen molar-refractivity contribution < 1.29 is 32.2 Å². The van der Waals surface area contributed by atoms with Crippen LogP contribution in [-0.2, 0) is 26.2 Å². The van der Waals surface area contributed by atoms with Crippen molar-refractivity contribution in [2.75, 3.05) is 45.0 Å². The van der Waals surface area contributed by atoms with Gasteiger partial charge in [0, 0.05) is 19.2 Å². The van der Waals surface area contributed by atoms with Crippen molar-refractivity contribution >= 4 is 27.5 Å². The Labute approximate surface area is 213 Å². The number of methoxy groups -OCH3 is 3. The minimum Gasteiger partial charge on any atom is -0.497 e. The zero-order valence-electron chi connectivity index (χ0n) is 21.6. The van der Waals surface area contributed by atoms with Gasteiger partial charge in [-0.1, -0.05) is 19.1 Å². The number of nitrogens with zero attached hydrogens (tertiary/aromatic N) is 2. The Morgan fingerprint density at radius 2 is 1.67 bits per heavy atom. The number of sulfonamides is 1. The SMILES string of the molecule is CCCNC(=O)[C@H](C)N(Cc1cccc(OC)c1)C(=O)CN(c1ccc(OC)cc1OC)S(C)(=O)=O. The molecule has 10 nitrogen and oxygen atoms in total. The van der Waals surface area contributed by atoms with Crippen LogP contribution in [0.4, 0.5) is 5.69 Å². The molecule has 0 unspecified atom stereocenters. The molecule has 0 spiro atoms. The molecular formula is C25H35N3O7S. The lowest BCUT2D eigenvalue weighted by atomic mass is 10.1. The van der Waals surface area contributed by atoms with Crippen LogP contribution in [0.5, 0.6) is 17.2 Å². The first-order valence-electron chi connectivity index (χ1n) is 11.5. The molecule has 0 bridgehead atoms. The molecular weight excluding hydrogens is 486 g/mol. The van der Waals surface area contributed by atoms with Crippen LogP contribution in [0.25, 0.3) is 0 Å². The van der Waals surface area contributed by atoms with Crippen molar-refractivity contribution in [1.29, 1.82) is 0 Å². The van der Waals surface area contributed by atoms with E-state index in [1.54, 1.807) is 37.3 Å². The number of benzene rings is 2. The van der Waals surface area contributed by atoms with Crippen molar-refractivity contribution in [3.05, 3.63) is 48.0 Å². The van der Waals surface area contributed by atoms with Gasteiger partial charge in [0.05, 0.1) is 33.3 Å². The van der Waals surface area contributed by atoms with E-state index >= 15 is 0 Å². The fourth-order valence-corrected chi connectivity index (χ4v) is 4.38. The van der Waals surface area contributed by atoms with E-state index in [2.05, 4.69) is 5.32 Å². The zero-order chi connectivity index (χ0) is 26.9. The summed E-state index contributed by atoms with van der Waals surface area (Å²) in [6.45, 7) is 3.55. The molecule has 0 aromatic heterocycles. The Balaban J connectivity index is 2.46. The maximum atomic E-state index is 13.6. The Bertz CT molecular complexity index is 1150. The van der Waals surface area contributed by atoms with Gasteiger partial charge in [-0.25, -0.2) is 8.42 Å². The minimum absolute atomic E-state index is 0.0775.